The number of nitrogens with zero attached hydrogens (tertiary/aromatic N) is 1. The van der Waals surface area contributed by atoms with Crippen LogP contribution in [-0.2, 0) is 0 Å². The van der Waals surface area contributed by atoms with Crippen molar-refractivity contribution in [2.75, 3.05) is 28.7 Å². The summed E-state index contributed by atoms with van der Waals surface area (Å²) in [5.74, 6) is 2.41. The van der Waals surface area contributed by atoms with Crippen LogP contribution in [0.1, 0.15) is 12.5 Å². The van der Waals surface area contributed by atoms with Crippen molar-refractivity contribution in [3.63, 3.8) is 0 Å². The molecule has 0 bridgehead atoms. The molecule has 0 saturated carbocycles. The van der Waals surface area contributed by atoms with Crippen LogP contribution in [0.15, 0.2) is 18.2 Å². The Morgan fingerprint density at radius 2 is 2.27 bits per heavy atom. The molecule has 2 N–H and O–H groups in total. The molecule has 82 valence electrons. The third kappa shape index (κ3) is 2.07. The summed E-state index contributed by atoms with van der Waals surface area (Å²) in [5, 5.41) is 0. The second-order valence-electron chi connectivity index (χ2n) is 4.13. The summed E-state index contributed by atoms with van der Waals surface area (Å²) in [4.78, 5) is 2.45. The van der Waals surface area contributed by atoms with Gasteiger partial charge < -0.3 is 10.6 Å². The third-order valence-electron chi connectivity index (χ3n) is 2.92. The fourth-order valence-corrected chi connectivity index (χ4v) is 3.15. The van der Waals surface area contributed by atoms with E-state index in [0.717, 1.165) is 12.2 Å². The Bertz CT molecular complexity index is 331. The lowest BCUT2D eigenvalue weighted by atomic mass is 10.1. The van der Waals surface area contributed by atoms with Gasteiger partial charge in [0.1, 0.15) is 0 Å². The molecule has 1 heterocycles. The van der Waals surface area contributed by atoms with Crippen LogP contribution in [0.25, 0.3) is 0 Å². The maximum absolute atomic E-state index is 6.07. The molecule has 0 aliphatic carbocycles. The highest BCUT2D eigenvalue weighted by Crippen LogP contribution is 2.31. The van der Waals surface area contributed by atoms with Crippen LogP contribution >= 0.6 is 11.8 Å². The largest absolute Gasteiger partial charge is 0.397 e. The van der Waals surface area contributed by atoms with E-state index in [1.54, 1.807) is 0 Å². The molecule has 2 rings (SSSR count). The molecule has 1 unspecified atom stereocenters. The van der Waals surface area contributed by atoms with Gasteiger partial charge in [0.2, 0.25) is 0 Å². The molecule has 1 saturated heterocycles. The molecule has 0 spiro atoms. The van der Waals surface area contributed by atoms with Crippen LogP contribution in [0.4, 0.5) is 11.4 Å². The monoisotopic (exact) mass is 222 g/mol. The first kappa shape index (κ1) is 10.7. The average Bonchev–Trinajstić information content (AvgIpc) is 2.20. The molecule has 1 aromatic carbocycles. The fourth-order valence-electron chi connectivity index (χ4n) is 2.13. The van der Waals surface area contributed by atoms with E-state index in [-0.39, 0.29) is 0 Å². The highest BCUT2D eigenvalue weighted by atomic mass is 32.2. The first-order valence-corrected chi connectivity index (χ1v) is 6.55. The third-order valence-corrected chi connectivity index (χ3v) is 4.11. The molecule has 3 heteroatoms. The molecule has 0 radical (unpaired) electrons. The van der Waals surface area contributed by atoms with E-state index in [9.17, 15) is 0 Å². The maximum Gasteiger partial charge on any atom is 0.0632 e. The number of anilines is 2. The Labute approximate surface area is 95.8 Å². The summed E-state index contributed by atoms with van der Waals surface area (Å²) >= 11 is 2.03. The number of benzene rings is 1. The van der Waals surface area contributed by atoms with Gasteiger partial charge in [-0.05, 0) is 25.5 Å². The van der Waals surface area contributed by atoms with Crippen LogP contribution in [0.2, 0.25) is 0 Å². The quantitative estimate of drug-likeness (QED) is 0.740. The molecule has 15 heavy (non-hydrogen) atoms. The van der Waals surface area contributed by atoms with Gasteiger partial charge in [-0.15, -0.1) is 0 Å². The van der Waals surface area contributed by atoms with Crippen molar-refractivity contribution in [2.45, 2.75) is 19.9 Å². The van der Waals surface area contributed by atoms with Crippen LogP contribution in [0, 0.1) is 6.92 Å². The lowest BCUT2D eigenvalue weighted by Crippen LogP contribution is -2.41. The van der Waals surface area contributed by atoms with Crippen LogP contribution in [0.5, 0.6) is 0 Å². The van der Waals surface area contributed by atoms with Crippen molar-refractivity contribution in [3.05, 3.63) is 23.8 Å². The molecule has 0 aromatic heterocycles. The van der Waals surface area contributed by atoms with Gasteiger partial charge in [-0.2, -0.15) is 11.8 Å². The van der Waals surface area contributed by atoms with Crippen molar-refractivity contribution in [2.24, 2.45) is 0 Å². The van der Waals surface area contributed by atoms with Gasteiger partial charge in [0.05, 0.1) is 11.4 Å². The van der Waals surface area contributed by atoms with Crippen LogP contribution in [-0.4, -0.2) is 24.1 Å². The molecule has 1 fully saturated rings. The highest BCUT2D eigenvalue weighted by molar-refractivity contribution is 7.99. The average molecular weight is 222 g/mol. The number of nitrogens with two attached hydrogens (primary N) is 1. The van der Waals surface area contributed by atoms with Gasteiger partial charge in [0.25, 0.3) is 0 Å². The van der Waals surface area contributed by atoms with Gasteiger partial charge >= 0.3 is 0 Å². The Kier molecular flexibility index (Phi) is 3.10. The van der Waals surface area contributed by atoms with Crippen molar-refractivity contribution in [1.29, 1.82) is 0 Å². The smallest absolute Gasteiger partial charge is 0.0632 e. The van der Waals surface area contributed by atoms with Crippen molar-refractivity contribution in [1.82, 2.24) is 0 Å². The molecule has 2 nitrogen and oxygen atoms in total. The minimum Gasteiger partial charge on any atom is -0.397 e. The number of aryl methyl sites for hydroxylation is 1. The lowest BCUT2D eigenvalue weighted by Gasteiger charge is -2.36. The van der Waals surface area contributed by atoms with E-state index < -0.39 is 0 Å². The normalized spacial score (nSPS) is 21.7. The van der Waals surface area contributed by atoms with E-state index in [4.69, 9.17) is 5.73 Å². The highest BCUT2D eigenvalue weighted by Gasteiger charge is 2.21. The number of hydrogen-bond acceptors (Lipinski definition) is 3. The number of nitrogen functional groups attached to an aromatic ring is 1. The summed E-state index contributed by atoms with van der Waals surface area (Å²) in [6, 6.07) is 6.75. The Morgan fingerprint density at radius 3 is 2.93 bits per heavy atom. The number of hydrogen-bond donors (Lipinski definition) is 1. The molecule has 1 aliphatic rings. The standard InChI is InChI=1S/C12H18N2S/c1-9-4-3-5-11(13)12(9)14-6-7-15-8-10(14)2/h3-5,10H,6-8,13H2,1-2H3. The summed E-state index contributed by atoms with van der Waals surface area (Å²) in [6.45, 7) is 5.53. The zero-order chi connectivity index (χ0) is 10.8. The summed E-state index contributed by atoms with van der Waals surface area (Å²) in [5.41, 5.74) is 9.50. The fraction of sp³-hybridized carbons (Fsp3) is 0.500. The van der Waals surface area contributed by atoms with Gasteiger partial charge in [0, 0.05) is 24.1 Å². The SMILES string of the molecule is Cc1cccc(N)c1N1CCSCC1C. The zero-order valence-electron chi connectivity index (χ0n) is 9.36. The van der Waals surface area contributed by atoms with Crippen molar-refractivity contribution in [3.8, 4) is 0 Å². The van der Waals surface area contributed by atoms with Crippen molar-refractivity contribution >= 4 is 23.1 Å². The second kappa shape index (κ2) is 4.35. The number of para-hydroxylation sites is 1. The Hall–Kier alpha value is -0.830. The molecular formula is C12H18N2S. The van der Waals surface area contributed by atoms with E-state index in [1.165, 1.54) is 22.8 Å². The summed E-state index contributed by atoms with van der Waals surface area (Å²) in [6.07, 6.45) is 0. The van der Waals surface area contributed by atoms with Gasteiger partial charge in [-0.3, -0.25) is 0 Å². The van der Waals surface area contributed by atoms with Gasteiger partial charge in [0.15, 0.2) is 0 Å². The Morgan fingerprint density at radius 1 is 1.47 bits per heavy atom. The number of rotatable bonds is 1. The topological polar surface area (TPSA) is 29.3 Å². The Balaban J connectivity index is 2.35. The van der Waals surface area contributed by atoms with E-state index in [2.05, 4.69) is 24.8 Å². The molecular weight excluding hydrogens is 204 g/mol. The van der Waals surface area contributed by atoms with Gasteiger partial charge in [-0.25, -0.2) is 0 Å². The van der Waals surface area contributed by atoms with Gasteiger partial charge in [-0.1, -0.05) is 12.1 Å². The number of thioether (sulfide) groups is 1. The second-order valence-corrected chi connectivity index (χ2v) is 5.28. The zero-order valence-corrected chi connectivity index (χ0v) is 10.2. The summed E-state index contributed by atoms with van der Waals surface area (Å²) in [7, 11) is 0. The molecule has 1 aromatic rings. The predicted molar refractivity (Wildman–Crippen MR) is 69.7 cm³/mol. The predicted octanol–water partition coefficient (Wildman–Crippen LogP) is 2.52. The molecule has 1 aliphatic heterocycles. The first-order valence-electron chi connectivity index (χ1n) is 5.39. The van der Waals surface area contributed by atoms with E-state index in [0.29, 0.717) is 6.04 Å². The first-order chi connectivity index (χ1) is 7.20. The van der Waals surface area contributed by atoms with E-state index >= 15 is 0 Å². The minimum absolute atomic E-state index is 0.590. The van der Waals surface area contributed by atoms with Crippen molar-refractivity contribution < 1.29 is 0 Å². The minimum atomic E-state index is 0.590. The summed E-state index contributed by atoms with van der Waals surface area (Å²) < 4.78 is 0. The molecule has 1 atom stereocenters. The maximum atomic E-state index is 6.07. The molecule has 0 amide bonds. The van der Waals surface area contributed by atoms with Crippen LogP contribution in [0.3, 0.4) is 0 Å². The lowest BCUT2D eigenvalue weighted by molar-refractivity contribution is 0.699. The van der Waals surface area contributed by atoms with E-state index in [1.807, 2.05) is 23.9 Å². The van der Waals surface area contributed by atoms with Crippen LogP contribution < -0.4 is 10.6 Å².